The number of amidine groups is 1. The molecule has 2 aromatic rings. The third kappa shape index (κ3) is 8.41. The van der Waals surface area contributed by atoms with Crippen molar-refractivity contribution in [1.82, 2.24) is 19.8 Å². The van der Waals surface area contributed by atoms with Gasteiger partial charge in [-0.25, -0.2) is 15.0 Å². The zero-order valence-electron chi connectivity index (χ0n) is 21.5. The molecule has 1 amide bonds. The lowest BCUT2D eigenvalue weighted by Gasteiger charge is -2.33. The van der Waals surface area contributed by atoms with Crippen LogP contribution in [0.1, 0.15) is 31.5 Å². The average Bonchev–Trinajstić information content (AvgIpc) is 2.90. The number of aliphatic imine (C=N–C) groups is 1. The minimum atomic E-state index is 0.237. The monoisotopic (exact) mass is 491 g/mol. The summed E-state index contributed by atoms with van der Waals surface area (Å²) in [5.41, 5.74) is 9.17. The van der Waals surface area contributed by atoms with Gasteiger partial charge in [0.05, 0.1) is 11.5 Å². The first-order valence-electron chi connectivity index (χ1n) is 12.3. The van der Waals surface area contributed by atoms with E-state index in [4.69, 9.17) is 10.5 Å². The number of rotatable bonds is 6. The molecule has 192 valence electrons. The first kappa shape index (κ1) is 26.7. The van der Waals surface area contributed by atoms with Gasteiger partial charge in [0.2, 0.25) is 12.4 Å². The number of para-hydroxylation sites is 1. The van der Waals surface area contributed by atoms with Crippen molar-refractivity contribution in [2.24, 2.45) is 4.99 Å². The number of nitrogens with two attached hydrogens (primary N) is 1. The summed E-state index contributed by atoms with van der Waals surface area (Å²) < 4.78 is 5.60. The van der Waals surface area contributed by atoms with Crippen LogP contribution < -0.4 is 10.6 Å². The smallest absolute Gasteiger partial charge is 0.220 e. The van der Waals surface area contributed by atoms with Crippen LogP contribution in [0.3, 0.4) is 0 Å². The van der Waals surface area contributed by atoms with Crippen LogP contribution in [0.4, 0.5) is 11.6 Å². The van der Waals surface area contributed by atoms with Gasteiger partial charge in [-0.2, -0.15) is 0 Å². The summed E-state index contributed by atoms with van der Waals surface area (Å²) in [5, 5.41) is 0. The molecule has 9 nitrogen and oxygen atoms in total. The van der Waals surface area contributed by atoms with Crippen LogP contribution in [0.25, 0.3) is 0 Å². The van der Waals surface area contributed by atoms with Crippen molar-refractivity contribution in [3.05, 3.63) is 71.9 Å². The summed E-state index contributed by atoms with van der Waals surface area (Å²) in [7, 11) is 2.16. The van der Waals surface area contributed by atoms with Crippen LogP contribution in [0.5, 0.6) is 0 Å². The number of hydrogen-bond donors (Lipinski definition) is 1. The predicted octanol–water partition coefficient (Wildman–Crippen LogP) is 3.25. The summed E-state index contributed by atoms with van der Waals surface area (Å²) in [4.78, 5) is 29.3. The maximum absolute atomic E-state index is 10.7. The van der Waals surface area contributed by atoms with Gasteiger partial charge >= 0.3 is 0 Å². The van der Waals surface area contributed by atoms with E-state index in [1.807, 2.05) is 26.0 Å². The first-order valence-corrected chi connectivity index (χ1v) is 12.3. The summed E-state index contributed by atoms with van der Waals surface area (Å²) >= 11 is 0. The van der Waals surface area contributed by atoms with Gasteiger partial charge in [-0.3, -0.25) is 4.79 Å². The number of fused-ring (bicyclic) bond motifs is 1. The number of nitrogen functional groups attached to an aromatic ring is 1. The van der Waals surface area contributed by atoms with E-state index in [1.165, 1.54) is 30.6 Å². The fourth-order valence-corrected chi connectivity index (χ4v) is 4.01. The third-order valence-corrected chi connectivity index (χ3v) is 6.12. The fraction of sp³-hybridized carbons (Fsp3) is 0.407. The molecule has 3 heterocycles. The van der Waals surface area contributed by atoms with E-state index in [1.54, 1.807) is 23.4 Å². The zero-order valence-corrected chi connectivity index (χ0v) is 21.5. The van der Waals surface area contributed by atoms with E-state index >= 15 is 0 Å². The molecule has 0 unspecified atom stereocenters. The molecule has 1 saturated heterocycles. The summed E-state index contributed by atoms with van der Waals surface area (Å²) in [6, 6.07) is 10.4. The quantitative estimate of drug-likeness (QED) is 0.218. The highest BCUT2D eigenvalue weighted by Gasteiger charge is 2.15. The summed E-state index contributed by atoms with van der Waals surface area (Å²) in [6.07, 6.45) is 10.4. The topological polar surface area (TPSA) is 100 Å². The standard InChI is InChI=1S/C17H24N6O2.C10H13N/c1-14(25-12-16-5-7-20-17(18)21-16)4-3-6-19-15(2)23-10-8-22(13-24)9-11-23;1-11-8-4-6-9-5-2-3-7-10(9)11/h3-7,13H,8-12H2,1-2H3,(H2,18,20,21);2-3,5,7H,4,6,8H2,1H3/b6-3-,14-4+,19-15?;. The van der Waals surface area contributed by atoms with Crippen molar-refractivity contribution in [3.8, 4) is 0 Å². The second-order valence-corrected chi connectivity index (χ2v) is 8.77. The van der Waals surface area contributed by atoms with Crippen LogP contribution in [0, 0.1) is 0 Å². The van der Waals surface area contributed by atoms with Crippen LogP contribution in [0.15, 0.2) is 65.6 Å². The summed E-state index contributed by atoms with van der Waals surface area (Å²) in [6.45, 7) is 8.46. The normalized spacial score (nSPS) is 16.4. The molecule has 9 heteroatoms. The molecule has 36 heavy (non-hydrogen) atoms. The Morgan fingerprint density at radius 3 is 2.64 bits per heavy atom. The Bertz CT molecular complexity index is 1080. The zero-order chi connectivity index (χ0) is 25.8. The number of piperazine rings is 1. The van der Waals surface area contributed by atoms with Gasteiger partial charge in [-0.15, -0.1) is 0 Å². The molecule has 2 aliphatic heterocycles. The maximum atomic E-state index is 10.7. The minimum Gasteiger partial charge on any atom is -0.492 e. The number of aryl methyl sites for hydroxylation is 1. The van der Waals surface area contributed by atoms with Crippen LogP contribution in [-0.4, -0.2) is 71.8 Å². The van der Waals surface area contributed by atoms with Crippen molar-refractivity contribution in [2.45, 2.75) is 33.3 Å². The highest BCUT2D eigenvalue weighted by atomic mass is 16.5. The Morgan fingerprint density at radius 2 is 1.92 bits per heavy atom. The Balaban J connectivity index is 0.000000270. The summed E-state index contributed by atoms with van der Waals surface area (Å²) in [5.74, 6) is 1.92. The first-order chi connectivity index (χ1) is 17.5. The van der Waals surface area contributed by atoms with Crippen molar-refractivity contribution in [3.63, 3.8) is 0 Å². The molecule has 0 bridgehead atoms. The van der Waals surface area contributed by atoms with Crippen molar-refractivity contribution in [2.75, 3.05) is 50.4 Å². The lowest BCUT2D eigenvalue weighted by Crippen LogP contribution is -2.47. The molecular weight excluding hydrogens is 454 g/mol. The molecule has 0 atom stereocenters. The van der Waals surface area contributed by atoms with Gasteiger partial charge in [0, 0.05) is 57.9 Å². The van der Waals surface area contributed by atoms with Crippen LogP contribution in [-0.2, 0) is 22.6 Å². The number of anilines is 2. The number of aromatic nitrogens is 2. The van der Waals surface area contributed by atoms with Crippen LogP contribution >= 0.6 is 0 Å². The largest absolute Gasteiger partial charge is 0.492 e. The number of carbonyl (C=O) groups is 1. The third-order valence-electron chi connectivity index (χ3n) is 6.12. The van der Waals surface area contributed by atoms with Crippen molar-refractivity contribution in [1.29, 1.82) is 0 Å². The molecule has 2 aliphatic rings. The number of nitrogens with zero attached hydrogens (tertiary/aromatic N) is 6. The van der Waals surface area contributed by atoms with E-state index in [0.29, 0.717) is 6.61 Å². The van der Waals surface area contributed by atoms with Gasteiger partial charge in [0.1, 0.15) is 12.4 Å². The highest BCUT2D eigenvalue weighted by Crippen LogP contribution is 2.24. The number of amides is 1. The Morgan fingerprint density at radius 1 is 1.14 bits per heavy atom. The Hall–Kier alpha value is -3.88. The van der Waals surface area contributed by atoms with Crippen molar-refractivity contribution >= 4 is 23.9 Å². The number of ether oxygens (including phenoxy) is 1. The molecular formula is C27H37N7O2. The Kier molecular flexibility index (Phi) is 10.3. The molecule has 4 rings (SSSR count). The number of benzene rings is 1. The van der Waals surface area contributed by atoms with E-state index in [-0.39, 0.29) is 5.95 Å². The second-order valence-electron chi connectivity index (χ2n) is 8.77. The van der Waals surface area contributed by atoms with Crippen LogP contribution in [0.2, 0.25) is 0 Å². The molecule has 0 spiro atoms. The van der Waals surface area contributed by atoms with Gasteiger partial charge in [0.25, 0.3) is 0 Å². The molecule has 2 N–H and O–H groups in total. The molecule has 1 aromatic carbocycles. The minimum absolute atomic E-state index is 0.237. The molecule has 0 aliphatic carbocycles. The number of hydrogen-bond acceptors (Lipinski definition) is 7. The van der Waals surface area contributed by atoms with Crippen molar-refractivity contribution < 1.29 is 9.53 Å². The SMILES string of the molecule is CC(=N/C=C\C=C(/C)OCc1ccnc(N)n1)N1CCN(C=O)CC1.CN1CCCc2ccccc21. The van der Waals surface area contributed by atoms with Gasteiger partial charge in [-0.1, -0.05) is 18.2 Å². The molecule has 0 radical (unpaired) electrons. The van der Waals surface area contributed by atoms with E-state index in [2.05, 4.69) is 56.1 Å². The van der Waals surface area contributed by atoms with E-state index < -0.39 is 0 Å². The maximum Gasteiger partial charge on any atom is 0.220 e. The Labute approximate surface area is 214 Å². The van der Waals surface area contributed by atoms with Gasteiger partial charge < -0.3 is 25.2 Å². The lowest BCUT2D eigenvalue weighted by molar-refractivity contribution is -0.119. The lowest BCUT2D eigenvalue weighted by atomic mass is 10.0. The van der Waals surface area contributed by atoms with Gasteiger partial charge in [-0.05, 0) is 56.5 Å². The molecule has 0 saturated carbocycles. The fourth-order valence-electron chi connectivity index (χ4n) is 4.01. The highest BCUT2D eigenvalue weighted by molar-refractivity contribution is 5.80. The number of allylic oxidation sites excluding steroid dienone is 3. The molecule has 1 aromatic heterocycles. The van der Waals surface area contributed by atoms with E-state index in [9.17, 15) is 4.79 Å². The predicted molar refractivity (Wildman–Crippen MR) is 144 cm³/mol. The second kappa shape index (κ2) is 13.9. The number of carbonyl (C=O) groups excluding carboxylic acids is 1. The molecule has 1 fully saturated rings. The average molecular weight is 492 g/mol. The van der Waals surface area contributed by atoms with E-state index in [0.717, 1.165) is 49.9 Å². The van der Waals surface area contributed by atoms with Gasteiger partial charge in [0.15, 0.2) is 0 Å².